The number of anilines is 1. The van der Waals surface area contributed by atoms with Crippen molar-refractivity contribution < 1.29 is 13.2 Å². The number of carbonyl (C=O) groups excluding carboxylic acids is 1. The first-order chi connectivity index (χ1) is 12.4. The Balaban J connectivity index is 1.73. The number of sulfone groups is 1. The van der Waals surface area contributed by atoms with E-state index < -0.39 is 9.84 Å². The van der Waals surface area contributed by atoms with E-state index in [0.29, 0.717) is 24.5 Å². The molecule has 0 radical (unpaired) electrons. The Hall–Kier alpha value is -2.48. The number of aromatic nitrogens is 2. The van der Waals surface area contributed by atoms with E-state index in [2.05, 4.69) is 9.97 Å². The summed E-state index contributed by atoms with van der Waals surface area (Å²) in [4.78, 5) is 24.4. The normalized spacial score (nSPS) is 18.5. The zero-order chi connectivity index (χ0) is 18.7. The van der Waals surface area contributed by atoms with Gasteiger partial charge in [0.2, 0.25) is 0 Å². The van der Waals surface area contributed by atoms with Crippen LogP contribution in [0.3, 0.4) is 0 Å². The topological polar surface area (TPSA) is 83.5 Å². The molecule has 1 amide bonds. The summed E-state index contributed by atoms with van der Waals surface area (Å²) in [7, 11) is 0.545. The van der Waals surface area contributed by atoms with Crippen LogP contribution in [0.2, 0.25) is 0 Å². The molecule has 0 aliphatic carbocycles. The van der Waals surface area contributed by atoms with Crippen molar-refractivity contribution in [3.8, 4) is 0 Å². The molecular formula is C18H22N4O3S. The molecule has 1 atom stereocenters. The number of carbonyl (C=O) groups is 1. The Kier molecular flexibility index (Phi) is 5.22. The maximum absolute atomic E-state index is 12.7. The Labute approximate surface area is 153 Å². The highest BCUT2D eigenvalue weighted by molar-refractivity contribution is 7.91. The second-order valence-electron chi connectivity index (χ2n) is 6.58. The lowest BCUT2D eigenvalue weighted by Crippen LogP contribution is -2.34. The second-order valence-corrected chi connectivity index (χ2v) is 8.80. The third-order valence-electron chi connectivity index (χ3n) is 4.60. The second kappa shape index (κ2) is 7.41. The number of hydrogen-bond acceptors (Lipinski definition) is 6. The first-order valence-corrected chi connectivity index (χ1v) is 10.2. The summed E-state index contributed by atoms with van der Waals surface area (Å²) < 4.78 is 23.4. The molecule has 1 fully saturated rings. The molecule has 0 bridgehead atoms. The van der Waals surface area contributed by atoms with Crippen molar-refractivity contribution in [3.63, 3.8) is 0 Å². The molecule has 1 aliphatic rings. The maximum Gasteiger partial charge on any atom is 0.272 e. The average Bonchev–Trinajstić information content (AvgIpc) is 3.01. The van der Waals surface area contributed by atoms with Crippen LogP contribution in [0.4, 0.5) is 5.82 Å². The Morgan fingerprint density at radius 2 is 1.92 bits per heavy atom. The number of benzene rings is 1. The van der Waals surface area contributed by atoms with Gasteiger partial charge in [0.15, 0.2) is 9.84 Å². The Morgan fingerprint density at radius 3 is 2.58 bits per heavy atom. The minimum absolute atomic E-state index is 0.116. The highest BCUT2D eigenvalue weighted by Crippen LogP contribution is 2.21. The van der Waals surface area contributed by atoms with Crippen LogP contribution in [-0.4, -0.2) is 60.8 Å². The highest BCUT2D eigenvalue weighted by Gasteiger charge is 2.31. The third kappa shape index (κ3) is 4.19. The summed E-state index contributed by atoms with van der Waals surface area (Å²) in [5.41, 5.74) is 1.33. The molecule has 2 aromatic rings. The van der Waals surface area contributed by atoms with E-state index in [1.165, 1.54) is 6.33 Å². The summed E-state index contributed by atoms with van der Waals surface area (Å²) in [6, 6.07) is 11.2. The van der Waals surface area contributed by atoms with Gasteiger partial charge in [-0.25, -0.2) is 18.4 Å². The van der Waals surface area contributed by atoms with Gasteiger partial charge in [-0.3, -0.25) is 4.79 Å². The molecule has 0 spiro atoms. The quantitative estimate of drug-likeness (QED) is 0.786. The fourth-order valence-electron chi connectivity index (χ4n) is 3.05. The fraction of sp³-hybridized carbons (Fsp3) is 0.389. The van der Waals surface area contributed by atoms with E-state index in [1.54, 1.807) is 25.1 Å². The molecule has 8 heteroatoms. The summed E-state index contributed by atoms with van der Waals surface area (Å²) in [5, 5.41) is 0. The number of rotatable bonds is 5. The van der Waals surface area contributed by atoms with Crippen LogP contribution in [0.15, 0.2) is 42.7 Å². The first-order valence-electron chi connectivity index (χ1n) is 8.40. The van der Waals surface area contributed by atoms with E-state index in [-0.39, 0.29) is 23.5 Å². The summed E-state index contributed by atoms with van der Waals surface area (Å²) in [5.74, 6) is 0.659. The molecule has 2 heterocycles. The van der Waals surface area contributed by atoms with Crippen LogP contribution in [0, 0.1) is 0 Å². The molecule has 7 nitrogen and oxygen atoms in total. The SMILES string of the molecule is CN(Cc1ccccc1)C(=O)c1cc(N(C)C2CCS(=O)(=O)C2)ncn1. The van der Waals surface area contributed by atoms with Crippen molar-refractivity contribution in [2.24, 2.45) is 0 Å². The van der Waals surface area contributed by atoms with Gasteiger partial charge in [-0.2, -0.15) is 0 Å². The van der Waals surface area contributed by atoms with Gasteiger partial charge in [0, 0.05) is 32.7 Å². The lowest BCUT2D eigenvalue weighted by Gasteiger charge is -2.25. The molecule has 26 heavy (non-hydrogen) atoms. The van der Waals surface area contributed by atoms with E-state index in [1.807, 2.05) is 35.2 Å². The van der Waals surface area contributed by atoms with Crippen molar-refractivity contribution >= 4 is 21.6 Å². The largest absolute Gasteiger partial charge is 0.356 e. The van der Waals surface area contributed by atoms with Crippen molar-refractivity contribution in [1.29, 1.82) is 0 Å². The summed E-state index contributed by atoms with van der Waals surface area (Å²) >= 11 is 0. The maximum atomic E-state index is 12.7. The van der Waals surface area contributed by atoms with Crippen LogP contribution < -0.4 is 4.90 Å². The summed E-state index contributed by atoms with van der Waals surface area (Å²) in [6.45, 7) is 0.482. The lowest BCUT2D eigenvalue weighted by atomic mass is 10.2. The lowest BCUT2D eigenvalue weighted by molar-refractivity contribution is 0.0779. The van der Waals surface area contributed by atoms with Crippen LogP contribution in [0.5, 0.6) is 0 Å². The molecule has 138 valence electrons. The standard InChI is InChI=1S/C18H22N4O3S/c1-21(11-14-6-4-3-5-7-14)18(23)16-10-17(20-13-19-16)22(2)15-8-9-26(24,25)12-15/h3-7,10,13,15H,8-9,11-12H2,1-2H3. The van der Waals surface area contributed by atoms with Gasteiger partial charge in [-0.1, -0.05) is 30.3 Å². The van der Waals surface area contributed by atoms with Crippen molar-refractivity contribution in [2.45, 2.75) is 19.0 Å². The van der Waals surface area contributed by atoms with Crippen LogP contribution in [0.25, 0.3) is 0 Å². The van der Waals surface area contributed by atoms with Crippen LogP contribution >= 0.6 is 0 Å². The predicted octanol–water partition coefficient (Wildman–Crippen LogP) is 1.37. The molecule has 1 aliphatic heterocycles. The molecular weight excluding hydrogens is 352 g/mol. The van der Waals surface area contributed by atoms with Gasteiger partial charge in [0.25, 0.3) is 5.91 Å². The highest BCUT2D eigenvalue weighted by atomic mass is 32.2. The zero-order valence-electron chi connectivity index (χ0n) is 14.9. The Bertz CT molecular complexity index is 886. The minimum atomic E-state index is -2.98. The van der Waals surface area contributed by atoms with Gasteiger partial charge >= 0.3 is 0 Å². The van der Waals surface area contributed by atoms with Gasteiger partial charge in [0.1, 0.15) is 17.8 Å². The molecule has 3 rings (SSSR count). The zero-order valence-corrected chi connectivity index (χ0v) is 15.7. The van der Waals surface area contributed by atoms with Crippen molar-refractivity contribution in [1.82, 2.24) is 14.9 Å². The average molecular weight is 374 g/mol. The van der Waals surface area contributed by atoms with Crippen LogP contribution in [0.1, 0.15) is 22.5 Å². The van der Waals surface area contributed by atoms with E-state index >= 15 is 0 Å². The van der Waals surface area contributed by atoms with Crippen molar-refractivity contribution in [3.05, 3.63) is 54.0 Å². The van der Waals surface area contributed by atoms with Crippen molar-refractivity contribution in [2.75, 3.05) is 30.5 Å². The smallest absolute Gasteiger partial charge is 0.272 e. The van der Waals surface area contributed by atoms with E-state index in [9.17, 15) is 13.2 Å². The predicted molar refractivity (Wildman–Crippen MR) is 99.7 cm³/mol. The molecule has 1 aromatic heterocycles. The van der Waals surface area contributed by atoms with E-state index in [0.717, 1.165) is 5.56 Å². The molecule has 0 N–H and O–H groups in total. The van der Waals surface area contributed by atoms with E-state index in [4.69, 9.17) is 0 Å². The van der Waals surface area contributed by atoms with Crippen LogP contribution in [-0.2, 0) is 16.4 Å². The molecule has 1 aromatic carbocycles. The number of amides is 1. The Morgan fingerprint density at radius 1 is 1.19 bits per heavy atom. The van der Waals surface area contributed by atoms with Gasteiger partial charge in [-0.15, -0.1) is 0 Å². The number of hydrogen-bond donors (Lipinski definition) is 0. The summed E-state index contributed by atoms with van der Waals surface area (Å²) in [6.07, 6.45) is 1.92. The van der Waals surface area contributed by atoms with Gasteiger partial charge in [0.05, 0.1) is 11.5 Å². The fourth-order valence-corrected chi connectivity index (χ4v) is 4.82. The molecule has 1 saturated heterocycles. The monoisotopic (exact) mass is 374 g/mol. The third-order valence-corrected chi connectivity index (χ3v) is 6.35. The minimum Gasteiger partial charge on any atom is -0.356 e. The van der Waals surface area contributed by atoms with Gasteiger partial charge < -0.3 is 9.80 Å². The number of nitrogens with zero attached hydrogens (tertiary/aromatic N) is 4. The van der Waals surface area contributed by atoms with Gasteiger partial charge in [-0.05, 0) is 12.0 Å². The molecule has 1 unspecified atom stereocenters. The first kappa shape index (κ1) is 18.3. The molecule has 0 saturated carbocycles.